The Balaban J connectivity index is 1.16. The van der Waals surface area contributed by atoms with E-state index in [1.54, 1.807) is 0 Å². The lowest BCUT2D eigenvalue weighted by molar-refractivity contribution is 0.556. The summed E-state index contributed by atoms with van der Waals surface area (Å²) >= 11 is 0. The van der Waals surface area contributed by atoms with Gasteiger partial charge in [-0.3, -0.25) is 0 Å². The zero-order chi connectivity index (χ0) is 39.8. The number of hydrogen-bond acceptors (Lipinski definition) is 1. The molecule has 0 saturated heterocycles. The summed E-state index contributed by atoms with van der Waals surface area (Å²) < 4.78 is 0. The van der Waals surface area contributed by atoms with E-state index in [1.165, 1.54) is 105 Å². The van der Waals surface area contributed by atoms with Gasteiger partial charge in [-0.15, -0.1) is 0 Å². The minimum Gasteiger partial charge on any atom is -0.309 e. The van der Waals surface area contributed by atoms with Gasteiger partial charge in [0.2, 0.25) is 0 Å². The maximum atomic E-state index is 2.63. The van der Waals surface area contributed by atoms with E-state index < -0.39 is 13.5 Å². The molecule has 2 heteroatoms. The highest BCUT2D eigenvalue weighted by atomic mass is 28.3. The number of fused-ring (bicyclic) bond motifs is 18. The molecule has 0 amide bonds. The molecular weight excluding hydrogens is 739 g/mol. The van der Waals surface area contributed by atoms with Gasteiger partial charge in [-0.05, 0) is 100 Å². The molecule has 0 radical (unpaired) electrons. The molecule has 3 aliphatic heterocycles. The highest BCUT2D eigenvalue weighted by Crippen LogP contribution is 2.64. The Hall–Kier alpha value is -7.00. The van der Waals surface area contributed by atoms with Crippen LogP contribution in [0.15, 0.2) is 212 Å². The average Bonchev–Trinajstić information content (AvgIpc) is 3.78. The van der Waals surface area contributed by atoms with E-state index in [2.05, 4.69) is 231 Å². The Kier molecular flexibility index (Phi) is 6.80. The number of para-hydroxylation sites is 2. The van der Waals surface area contributed by atoms with Gasteiger partial charge < -0.3 is 4.90 Å². The minimum absolute atomic E-state index is 0.177. The summed E-state index contributed by atoms with van der Waals surface area (Å²) in [5.74, 6) is 0. The van der Waals surface area contributed by atoms with E-state index in [9.17, 15) is 0 Å². The average molecular weight is 780 g/mol. The van der Waals surface area contributed by atoms with Gasteiger partial charge in [0.25, 0.3) is 0 Å². The number of nitrogens with zero attached hydrogens (tertiary/aromatic N) is 1. The molecule has 0 unspecified atom stereocenters. The van der Waals surface area contributed by atoms with Crippen LogP contribution in [-0.4, -0.2) is 8.07 Å². The molecule has 0 atom stereocenters. The number of anilines is 3. The molecule has 0 N–H and O–H groups in total. The van der Waals surface area contributed by atoms with Crippen LogP contribution in [0, 0.1) is 0 Å². The standard InChI is InChI=1S/C58H41NSi/c1-57(2)45-25-9-11-27-47(45)58(48-28-12-10-26-46(48)57)49-29-13-14-31-51(49)59(56-40(24-18-30-50(56)58)38-19-4-3-5-20-38)39-35-36-44-43-23-8-17-34-54(43)60(55(44)37-39)52-32-15-6-21-41(52)42-22-7-16-33-53(42)60/h3-37H,1-2H3. The van der Waals surface area contributed by atoms with E-state index in [0.29, 0.717) is 0 Å². The van der Waals surface area contributed by atoms with Gasteiger partial charge >= 0.3 is 0 Å². The van der Waals surface area contributed by atoms with E-state index in [-0.39, 0.29) is 5.41 Å². The Morgan fingerprint density at radius 3 is 1.40 bits per heavy atom. The largest absolute Gasteiger partial charge is 0.309 e. The summed E-state index contributed by atoms with van der Waals surface area (Å²) in [5, 5.41) is 5.97. The van der Waals surface area contributed by atoms with Gasteiger partial charge in [0, 0.05) is 16.7 Å². The summed E-state index contributed by atoms with van der Waals surface area (Å²) in [6.07, 6.45) is 0. The highest BCUT2D eigenvalue weighted by Gasteiger charge is 2.56. The molecule has 9 aromatic rings. The maximum Gasteiger partial charge on any atom is 0.182 e. The zero-order valence-corrected chi connectivity index (χ0v) is 34.7. The topological polar surface area (TPSA) is 3.24 Å². The SMILES string of the molecule is CC1(C)c2ccccc2C2(c3ccccc3N(c3ccc4c(c3)[Si]3(c5ccccc5-c5ccccc53)c3ccccc3-4)c3c(-c4ccccc4)cccc32)c2ccccc21. The monoisotopic (exact) mass is 779 g/mol. The van der Waals surface area contributed by atoms with Gasteiger partial charge in [-0.1, -0.05) is 208 Å². The quantitative estimate of drug-likeness (QED) is 0.158. The molecule has 0 bridgehead atoms. The third-order valence-electron chi connectivity index (χ3n) is 14.5. The Labute approximate surface area is 352 Å². The lowest BCUT2D eigenvalue weighted by Crippen LogP contribution is -2.70. The molecule has 0 saturated carbocycles. The smallest absolute Gasteiger partial charge is 0.182 e. The zero-order valence-electron chi connectivity index (χ0n) is 33.7. The third kappa shape index (κ3) is 4.02. The van der Waals surface area contributed by atoms with Crippen molar-refractivity contribution in [3.8, 4) is 33.4 Å². The maximum absolute atomic E-state index is 2.68. The van der Waals surface area contributed by atoms with Gasteiger partial charge in [0.15, 0.2) is 8.07 Å². The van der Waals surface area contributed by atoms with Crippen molar-refractivity contribution in [3.63, 3.8) is 0 Å². The van der Waals surface area contributed by atoms with Gasteiger partial charge in [-0.25, -0.2) is 0 Å². The van der Waals surface area contributed by atoms with Crippen LogP contribution >= 0.6 is 0 Å². The molecule has 1 aliphatic carbocycles. The Bertz CT molecular complexity index is 3150. The van der Waals surface area contributed by atoms with Crippen LogP contribution in [0.25, 0.3) is 33.4 Å². The second-order valence-corrected chi connectivity index (χ2v) is 21.2. The van der Waals surface area contributed by atoms with Crippen molar-refractivity contribution in [2.24, 2.45) is 0 Å². The predicted molar refractivity (Wildman–Crippen MR) is 252 cm³/mol. The van der Waals surface area contributed by atoms with Crippen molar-refractivity contribution in [2.45, 2.75) is 24.7 Å². The van der Waals surface area contributed by atoms with Crippen LogP contribution in [0.1, 0.15) is 47.2 Å². The summed E-state index contributed by atoms with van der Waals surface area (Å²) in [6.45, 7) is 4.81. The molecule has 13 rings (SSSR count). The third-order valence-corrected chi connectivity index (χ3v) is 19.5. The first kappa shape index (κ1) is 33.9. The molecular formula is C58H41NSi. The predicted octanol–water partition coefficient (Wildman–Crippen LogP) is 11.5. The first-order chi connectivity index (χ1) is 29.6. The second kappa shape index (κ2) is 12.0. The molecule has 3 heterocycles. The minimum atomic E-state index is -2.68. The van der Waals surface area contributed by atoms with Crippen molar-refractivity contribution < 1.29 is 0 Å². The summed E-state index contributed by atoms with van der Waals surface area (Å²) in [7, 11) is -2.68. The lowest BCUT2D eigenvalue weighted by Gasteiger charge is -2.52. The van der Waals surface area contributed by atoms with E-state index in [0.717, 1.165) is 0 Å². The normalized spacial score (nSPS) is 15.9. The van der Waals surface area contributed by atoms with E-state index >= 15 is 0 Å². The fourth-order valence-corrected chi connectivity index (χ4v) is 17.9. The van der Waals surface area contributed by atoms with Crippen molar-refractivity contribution in [1.82, 2.24) is 0 Å². The summed E-state index contributed by atoms with van der Waals surface area (Å²) in [6, 6.07) is 81.2. The van der Waals surface area contributed by atoms with Crippen molar-refractivity contribution in [2.75, 3.05) is 4.90 Å². The molecule has 9 aromatic carbocycles. The first-order valence-corrected chi connectivity index (χ1v) is 23.3. The van der Waals surface area contributed by atoms with Crippen molar-refractivity contribution in [1.29, 1.82) is 0 Å². The van der Waals surface area contributed by atoms with Crippen LogP contribution < -0.4 is 25.6 Å². The fraction of sp³-hybridized carbons (Fsp3) is 0.0690. The molecule has 1 nitrogen and oxygen atoms in total. The molecule has 4 aliphatic rings. The highest BCUT2D eigenvalue weighted by molar-refractivity contribution is 7.24. The van der Waals surface area contributed by atoms with Gasteiger partial charge in [-0.2, -0.15) is 0 Å². The van der Waals surface area contributed by atoms with Crippen LogP contribution in [0.5, 0.6) is 0 Å². The Morgan fingerprint density at radius 2 is 0.800 bits per heavy atom. The van der Waals surface area contributed by atoms with Crippen molar-refractivity contribution >= 4 is 45.9 Å². The molecule has 2 spiro atoms. The van der Waals surface area contributed by atoms with Crippen LogP contribution in [0.4, 0.5) is 17.1 Å². The van der Waals surface area contributed by atoms with Crippen LogP contribution in [0.2, 0.25) is 0 Å². The number of rotatable bonds is 2. The Morgan fingerprint density at radius 1 is 0.350 bits per heavy atom. The number of benzene rings is 9. The van der Waals surface area contributed by atoms with Crippen LogP contribution in [-0.2, 0) is 10.8 Å². The molecule has 60 heavy (non-hydrogen) atoms. The van der Waals surface area contributed by atoms with E-state index in [1.807, 2.05) is 0 Å². The van der Waals surface area contributed by atoms with Crippen molar-refractivity contribution in [3.05, 3.63) is 246 Å². The first-order valence-electron chi connectivity index (χ1n) is 21.3. The lowest BCUT2D eigenvalue weighted by atomic mass is 9.53. The van der Waals surface area contributed by atoms with Gasteiger partial charge in [0.05, 0.1) is 16.8 Å². The molecule has 0 fully saturated rings. The second-order valence-electron chi connectivity index (χ2n) is 17.5. The number of hydrogen-bond donors (Lipinski definition) is 0. The van der Waals surface area contributed by atoms with Crippen LogP contribution in [0.3, 0.4) is 0 Å². The molecule has 0 aromatic heterocycles. The van der Waals surface area contributed by atoms with Gasteiger partial charge in [0.1, 0.15) is 0 Å². The summed E-state index contributed by atoms with van der Waals surface area (Å²) in [5.41, 5.74) is 19.0. The van der Waals surface area contributed by atoms with E-state index in [4.69, 9.17) is 0 Å². The fourth-order valence-electron chi connectivity index (χ4n) is 12.3. The summed E-state index contributed by atoms with van der Waals surface area (Å²) in [4.78, 5) is 2.63. The molecule has 282 valence electrons.